The van der Waals surface area contributed by atoms with Crippen molar-refractivity contribution in [3.63, 3.8) is 0 Å². The Labute approximate surface area is 111 Å². The van der Waals surface area contributed by atoms with E-state index < -0.39 is 5.82 Å². The molecule has 18 heavy (non-hydrogen) atoms. The molecule has 0 atom stereocenters. The predicted molar refractivity (Wildman–Crippen MR) is 73.7 cm³/mol. The van der Waals surface area contributed by atoms with Gasteiger partial charge in [-0.3, -0.25) is 4.79 Å². The highest BCUT2D eigenvalue weighted by molar-refractivity contribution is 7.98. The summed E-state index contributed by atoms with van der Waals surface area (Å²) < 4.78 is 13.2. The van der Waals surface area contributed by atoms with Crippen molar-refractivity contribution in [2.45, 2.75) is 6.92 Å². The van der Waals surface area contributed by atoms with Crippen molar-refractivity contribution in [3.05, 3.63) is 23.6 Å². The summed E-state index contributed by atoms with van der Waals surface area (Å²) in [6, 6.07) is 1.23. The first-order chi connectivity index (χ1) is 8.60. The van der Waals surface area contributed by atoms with Crippen molar-refractivity contribution < 1.29 is 9.18 Å². The van der Waals surface area contributed by atoms with Gasteiger partial charge in [-0.1, -0.05) is 0 Å². The van der Waals surface area contributed by atoms with E-state index in [1.165, 1.54) is 6.07 Å². The topological polar surface area (TPSA) is 45.2 Å². The maximum absolute atomic E-state index is 13.2. The SMILES string of the molecule is CCNc1ncc(F)cc1C(=O)N(C)CCSC. The van der Waals surface area contributed by atoms with E-state index in [2.05, 4.69) is 10.3 Å². The summed E-state index contributed by atoms with van der Waals surface area (Å²) in [7, 11) is 1.71. The molecule has 100 valence electrons. The van der Waals surface area contributed by atoms with Crippen LogP contribution < -0.4 is 5.32 Å². The molecule has 1 aromatic rings. The number of pyridine rings is 1. The Morgan fingerprint density at radius 2 is 2.33 bits per heavy atom. The molecular weight excluding hydrogens is 253 g/mol. The van der Waals surface area contributed by atoms with Crippen LogP contribution in [-0.2, 0) is 0 Å². The van der Waals surface area contributed by atoms with E-state index in [1.807, 2.05) is 13.2 Å². The maximum atomic E-state index is 13.2. The fourth-order valence-electron chi connectivity index (χ4n) is 1.45. The van der Waals surface area contributed by atoms with Gasteiger partial charge in [-0.15, -0.1) is 0 Å². The number of nitrogens with zero attached hydrogens (tertiary/aromatic N) is 2. The van der Waals surface area contributed by atoms with Crippen molar-refractivity contribution in [2.75, 3.05) is 37.5 Å². The number of carbonyl (C=O) groups excluding carboxylic acids is 1. The molecule has 0 saturated heterocycles. The third-order valence-electron chi connectivity index (χ3n) is 2.41. The Kier molecular flexibility index (Phi) is 5.91. The summed E-state index contributed by atoms with van der Waals surface area (Å²) >= 11 is 1.66. The maximum Gasteiger partial charge on any atom is 0.257 e. The number of anilines is 1. The first-order valence-corrected chi connectivity index (χ1v) is 7.13. The van der Waals surface area contributed by atoms with Crippen molar-refractivity contribution in [1.29, 1.82) is 0 Å². The molecule has 4 nitrogen and oxygen atoms in total. The van der Waals surface area contributed by atoms with Crippen molar-refractivity contribution in [2.24, 2.45) is 0 Å². The lowest BCUT2D eigenvalue weighted by Gasteiger charge is -2.18. The number of hydrogen-bond donors (Lipinski definition) is 1. The average molecular weight is 271 g/mol. The molecule has 0 radical (unpaired) electrons. The number of thioether (sulfide) groups is 1. The third-order valence-corrected chi connectivity index (χ3v) is 3.00. The number of rotatable bonds is 6. The molecule has 0 bridgehead atoms. The number of amides is 1. The number of hydrogen-bond acceptors (Lipinski definition) is 4. The minimum absolute atomic E-state index is 0.216. The molecular formula is C12H18FN3OS. The zero-order valence-corrected chi connectivity index (χ0v) is 11.7. The summed E-state index contributed by atoms with van der Waals surface area (Å²) in [6.07, 6.45) is 3.09. The molecule has 1 N–H and O–H groups in total. The molecule has 0 unspecified atom stereocenters. The molecule has 0 saturated carbocycles. The summed E-state index contributed by atoms with van der Waals surface area (Å²) in [5.41, 5.74) is 0.278. The lowest BCUT2D eigenvalue weighted by Crippen LogP contribution is -2.30. The Bertz CT molecular complexity index is 414. The van der Waals surface area contributed by atoms with Crippen LogP contribution in [0.1, 0.15) is 17.3 Å². The van der Waals surface area contributed by atoms with Crippen LogP contribution in [-0.4, -0.2) is 47.9 Å². The van der Waals surface area contributed by atoms with Gasteiger partial charge >= 0.3 is 0 Å². The number of halogens is 1. The second-order valence-electron chi connectivity index (χ2n) is 3.80. The quantitative estimate of drug-likeness (QED) is 0.860. The fraction of sp³-hybridized carbons (Fsp3) is 0.500. The molecule has 0 fully saturated rings. The van der Waals surface area contributed by atoms with E-state index in [-0.39, 0.29) is 11.5 Å². The summed E-state index contributed by atoms with van der Waals surface area (Å²) in [6.45, 7) is 3.16. The van der Waals surface area contributed by atoms with Crippen molar-refractivity contribution in [3.8, 4) is 0 Å². The van der Waals surface area contributed by atoms with Crippen LogP contribution in [0.5, 0.6) is 0 Å². The van der Waals surface area contributed by atoms with Gasteiger partial charge in [0, 0.05) is 25.9 Å². The third kappa shape index (κ3) is 3.87. The molecule has 1 heterocycles. The van der Waals surface area contributed by atoms with E-state index in [0.29, 0.717) is 18.9 Å². The van der Waals surface area contributed by atoms with Crippen LogP contribution in [0.4, 0.5) is 10.2 Å². The van der Waals surface area contributed by atoms with Crippen LogP contribution >= 0.6 is 11.8 Å². The summed E-state index contributed by atoms with van der Waals surface area (Å²) in [5, 5.41) is 2.96. The van der Waals surface area contributed by atoms with Gasteiger partial charge in [0.05, 0.1) is 11.8 Å². The Balaban J connectivity index is 2.91. The normalized spacial score (nSPS) is 10.2. The summed E-state index contributed by atoms with van der Waals surface area (Å²) in [4.78, 5) is 17.7. The highest BCUT2D eigenvalue weighted by atomic mass is 32.2. The highest BCUT2D eigenvalue weighted by Crippen LogP contribution is 2.15. The molecule has 1 amide bonds. The highest BCUT2D eigenvalue weighted by Gasteiger charge is 2.17. The van der Waals surface area contributed by atoms with Crippen LogP contribution in [0.15, 0.2) is 12.3 Å². The minimum Gasteiger partial charge on any atom is -0.370 e. The first-order valence-electron chi connectivity index (χ1n) is 5.74. The average Bonchev–Trinajstić information content (AvgIpc) is 2.37. The van der Waals surface area contributed by atoms with Gasteiger partial charge in [0.2, 0.25) is 0 Å². The molecule has 1 aromatic heterocycles. The molecule has 0 spiro atoms. The number of nitrogens with one attached hydrogen (secondary N) is 1. The predicted octanol–water partition coefficient (Wildman–Crippen LogP) is 2.09. The molecule has 0 aliphatic heterocycles. The minimum atomic E-state index is -0.502. The van der Waals surface area contributed by atoms with Gasteiger partial charge in [-0.05, 0) is 19.2 Å². The van der Waals surface area contributed by atoms with Crippen LogP contribution in [0.25, 0.3) is 0 Å². The lowest BCUT2D eigenvalue weighted by molar-refractivity contribution is 0.0804. The van der Waals surface area contributed by atoms with Crippen LogP contribution in [0.2, 0.25) is 0 Å². The van der Waals surface area contributed by atoms with Gasteiger partial charge in [-0.2, -0.15) is 11.8 Å². The van der Waals surface area contributed by atoms with Crippen molar-refractivity contribution in [1.82, 2.24) is 9.88 Å². The Morgan fingerprint density at radius 1 is 1.61 bits per heavy atom. The van der Waals surface area contributed by atoms with Gasteiger partial charge in [-0.25, -0.2) is 9.37 Å². The lowest BCUT2D eigenvalue weighted by atomic mass is 10.2. The largest absolute Gasteiger partial charge is 0.370 e. The molecule has 1 rings (SSSR count). The zero-order valence-electron chi connectivity index (χ0n) is 10.9. The van der Waals surface area contributed by atoms with Gasteiger partial charge < -0.3 is 10.2 Å². The number of aromatic nitrogens is 1. The van der Waals surface area contributed by atoms with E-state index in [9.17, 15) is 9.18 Å². The first kappa shape index (κ1) is 14.8. The Hall–Kier alpha value is -1.30. The standard InChI is InChI=1S/C12H18FN3OS/c1-4-14-11-10(7-9(13)8-15-11)12(17)16(2)5-6-18-3/h7-8H,4-6H2,1-3H3,(H,14,15). The second kappa shape index (κ2) is 7.20. The van der Waals surface area contributed by atoms with E-state index in [0.717, 1.165) is 11.9 Å². The zero-order chi connectivity index (χ0) is 13.5. The van der Waals surface area contributed by atoms with Crippen LogP contribution in [0, 0.1) is 5.82 Å². The van der Waals surface area contributed by atoms with Gasteiger partial charge in [0.15, 0.2) is 0 Å². The smallest absolute Gasteiger partial charge is 0.257 e. The monoisotopic (exact) mass is 271 g/mol. The molecule has 0 aliphatic rings. The van der Waals surface area contributed by atoms with Gasteiger partial charge in [0.25, 0.3) is 5.91 Å². The fourth-order valence-corrected chi connectivity index (χ4v) is 1.90. The molecule has 6 heteroatoms. The Morgan fingerprint density at radius 3 is 2.94 bits per heavy atom. The summed E-state index contributed by atoms with van der Waals surface area (Å²) in [5.74, 6) is 0.562. The second-order valence-corrected chi connectivity index (χ2v) is 4.79. The van der Waals surface area contributed by atoms with Gasteiger partial charge in [0.1, 0.15) is 11.6 Å². The van der Waals surface area contributed by atoms with E-state index in [1.54, 1.807) is 23.7 Å². The van der Waals surface area contributed by atoms with E-state index in [4.69, 9.17) is 0 Å². The molecule has 0 aromatic carbocycles. The molecule has 0 aliphatic carbocycles. The number of carbonyl (C=O) groups is 1. The van der Waals surface area contributed by atoms with Crippen LogP contribution in [0.3, 0.4) is 0 Å². The van der Waals surface area contributed by atoms with E-state index >= 15 is 0 Å². The van der Waals surface area contributed by atoms with Crippen molar-refractivity contribution >= 4 is 23.5 Å².